The van der Waals surface area contributed by atoms with Gasteiger partial charge < -0.3 is 59.1 Å². The smallest absolute Gasteiger partial charge is 0.310 e. The average molecular weight is 2070 g/mol. The number of carbonyl (C=O) groups excluding carboxylic acids is 6. The minimum atomic E-state index is -1.03. The molecule has 24 heteroatoms. The van der Waals surface area contributed by atoms with Crippen molar-refractivity contribution < 1.29 is 117 Å². The number of carboxylic acid groups (broad SMARTS) is 6. The Bertz CT molecular complexity index is 4430. The van der Waals surface area contributed by atoms with E-state index >= 15 is 0 Å². The molecular formula is C122H214O24. The Hall–Kier alpha value is -6.88. The monoisotopic (exact) mass is 2060 g/mol. The molecule has 146 heavy (non-hydrogen) atoms. The lowest BCUT2D eigenvalue weighted by atomic mass is 9.44. The number of ether oxygens (including phenoxy) is 6. The predicted octanol–water partition coefficient (Wildman–Crippen LogP) is 28.8. The highest BCUT2D eigenvalue weighted by atomic mass is 16.6. The molecule has 0 saturated heterocycles. The van der Waals surface area contributed by atoms with Crippen LogP contribution in [0.5, 0.6) is 0 Å². The van der Waals surface area contributed by atoms with Gasteiger partial charge in [0.25, 0.3) is 0 Å². The van der Waals surface area contributed by atoms with Gasteiger partial charge in [-0.1, -0.05) is 237 Å². The van der Waals surface area contributed by atoms with Gasteiger partial charge in [0, 0.05) is 24.2 Å². The van der Waals surface area contributed by atoms with E-state index in [9.17, 15) is 78.0 Å². The normalized spacial score (nSPS) is 37.9. The van der Waals surface area contributed by atoms with Crippen LogP contribution in [0.1, 0.15) is 438 Å². The molecule has 10 bridgehead atoms. The molecule has 0 radical (unpaired) electrons. The molecule has 0 aromatic heterocycles. The number of allylic oxidation sites excluding steroid dienone is 4. The summed E-state index contributed by atoms with van der Waals surface area (Å²) in [6, 6.07) is 0. The SMILES string of the molecule is C.C.C.C.C.C.C.C.C.C.CC(C(=O)O)C(C)C(=O)OC1(C)C2CC3CC(C2)CC1C3.CC(C(=O)O)C(C)C(=O)OC12CC3CC(C1)CC(C(=O)O)(C3)C2.CC(C)C1=CC2=CCC3C(C)(COC(=O)C(C)C(C)C(=O)O)CCCC3(C)C2CC1.CC(CCC(=O)O)C1CCC2C3CCC4C[C@H](OC(=O)C(C)C(C)C(=O)O)CCC4(C)C3CCC12C.COC(=O)C(C)C(C)C(=O)O[C@]1(C)CC[C@@]23C[C@@H]1C(C)(C)C2CCC3C. The number of aliphatic carboxylic acids is 6. The number of methoxy groups -OCH3 is 1. The molecule has 1 spiro atoms. The quantitative estimate of drug-likeness (QED) is 0.0328. The predicted molar refractivity (Wildman–Crippen MR) is 581 cm³/mol. The molecule has 6 N–H and O–H groups in total. The van der Waals surface area contributed by atoms with Crippen LogP contribution in [0, 0.1) is 204 Å². The first-order valence-electron chi connectivity index (χ1n) is 53.2. The molecule has 0 heterocycles. The highest BCUT2D eigenvalue weighted by Crippen LogP contribution is 2.75. The van der Waals surface area contributed by atoms with E-state index in [1.807, 2.05) is 0 Å². The van der Waals surface area contributed by atoms with Crippen molar-refractivity contribution in [3.05, 3.63) is 23.3 Å². The number of hydrogen-bond acceptors (Lipinski definition) is 18. The van der Waals surface area contributed by atoms with Gasteiger partial charge in [0.2, 0.25) is 0 Å². The van der Waals surface area contributed by atoms with Crippen LogP contribution in [0.15, 0.2) is 23.3 Å². The van der Waals surface area contributed by atoms with Gasteiger partial charge in [0.1, 0.15) is 22.9 Å². The molecule has 18 aliphatic carbocycles. The Kier molecular flexibility index (Phi) is 47.9. The van der Waals surface area contributed by atoms with Crippen LogP contribution < -0.4 is 0 Å². The van der Waals surface area contributed by atoms with E-state index in [0.717, 1.165) is 118 Å². The lowest BCUT2D eigenvalue weighted by molar-refractivity contribution is -0.213. The Morgan fingerprint density at radius 2 is 0.911 bits per heavy atom. The van der Waals surface area contributed by atoms with Gasteiger partial charge >= 0.3 is 71.6 Å². The molecule has 30 atom stereocenters. The van der Waals surface area contributed by atoms with Gasteiger partial charge in [0.05, 0.1) is 78.3 Å². The molecule has 26 unspecified atom stereocenters. The minimum Gasteiger partial charge on any atom is -0.481 e. The maximum atomic E-state index is 12.8. The van der Waals surface area contributed by atoms with E-state index in [2.05, 4.69) is 95.2 Å². The van der Waals surface area contributed by atoms with Crippen molar-refractivity contribution in [2.45, 2.75) is 461 Å². The molecule has 16 saturated carbocycles. The molecule has 0 aliphatic heterocycles. The molecule has 0 aromatic carbocycles. The van der Waals surface area contributed by atoms with Crippen LogP contribution in [0.25, 0.3) is 0 Å². The highest BCUT2D eigenvalue weighted by Gasteiger charge is 2.71. The van der Waals surface area contributed by atoms with Crippen molar-refractivity contribution >= 4 is 71.6 Å². The first-order valence-corrected chi connectivity index (χ1v) is 53.2. The van der Waals surface area contributed by atoms with Gasteiger partial charge in [-0.15, -0.1) is 0 Å². The van der Waals surface area contributed by atoms with E-state index in [4.69, 9.17) is 38.6 Å². The fourth-order valence-electron chi connectivity index (χ4n) is 33.2. The van der Waals surface area contributed by atoms with E-state index in [-0.39, 0.29) is 138 Å². The number of rotatable bonds is 27. The van der Waals surface area contributed by atoms with Gasteiger partial charge in [-0.05, 0) is 340 Å². The standard InChI is InChI=1S/C30H48O6.C26H40O4.C22H36O4.C17H24O6.C17H26O4.10CH4/c1-17(6-11-26(31)32)23-9-10-24-22-8-7-20-16-21(36-28(35)19(3)18(2)27(33)34)12-14-29(20,4)25(22)13-15-30(23,24)5;1-16(2)19-8-10-21-20(14-19)9-11-22-25(5,12-7-13-26(21,22)6)15-30-24(29)18(4)17(3)23(27)28;1-13-8-9-16-20(4,5)17-12-22(13,16)11-10-21(17,6)26-19(24)15(3)14(2)18(23)25-7;1-9(13(18)19)10(2)14(20)23-17-6-11-3-12(7-17)5-16(4-11,8-17)15(21)22;1-9(15(18)19)10(2)16(20)21-17(3)13-5-11-4-12(7-13)8-14(17)6-11;;;;;;;;;;/h17-25H,6-16H2,1-5H3,(H,31,32)(H,33,34);9,14,16-18,21-22H,7-8,10-13,15H2,1-6H3,(H,27,28);13-17H,8-12H2,1-7H3;9-12H,3-8H2,1-2H3,(H,18,19)(H,21,22);9-14H,4-8H2,1-3H3,(H,18,19);10*1H4/t17?,18?,19?,20?,21-,22?,23?,24?,25?,29?,30?;;13?,14?,15?,16?,17-,21-,22+;;;;;;;;;;;;/m1.1............/s1. The summed E-state index contributed by atoms with van der Waals surface area (Å²) in [5, 5.41) is 55.4. The Morgan fingerprint density at radius 3 is 1.42 bits per heavy atom. The number of carboxylic acids is 6. The maximum Gasteiger partial charge on any atom is 0.310 e. The fraction of sp³-hybridized carbons (Fsp3) is 0.869. The molecule has 16 fully saturated rings. The maximum absolute atomic E-state index is 12.8. The van der Waals surface area contributed by atoms with Gasteiger partial charge in [0.15, 0.2) is 0 Å². The van der Waals surface area contributed by atoms with Crippen LogP contribution in [0.3, 0.4) is 0 Å². The van der Waals surface area contributed by atoms with E-state index < -0.39 is 118 Å². The Labute approximate surface area is 885 Å². The lowest BCUT2D eigenvalue weighted by Crippen LogP contribution is -2.60. The second-order valence-corrected chi connectivity index (χ2v) is 50.6. The minimum absolute atomic E-state index is 0. The van der Waals surface area contributed by atoms with Crippen molar-refractivity contribution in [1.82, 2.24) is 0 Å². The Balaban J connectivity index is 0.000000613. The first-order chi connectivity index (χ1) is 63.3. The van der Waals surface area contributed by atoms with Gasteiger partial charge in [-0.3, -0.25) is 57.5 Å². The third-order valence-electron chi connectivity index (χ3n) is 42.4. The number of esters is 6. The van der Waals surface area contributed by atoms with E-state index in [1.165, 1.54) is 129 Å². The molecule has 18 aliphatic rings. The van der Waals surface area contributed by atoms with Crippen molar-refractivity contribution in [1.29, 1.82) is 0 Å². The highest BCUT2D eigenvalue weighted by molar-refractivity contribution is 5.84. The summed E-state index contributed by atoms with van der Waals surface area (Å²) in [4.78, 5) is 142. The lowest BCUT2D eigenvalue weighted by Gasteiger charge is -2.61. The zero-order valence-corrected chi connectivity index (χ0v) is 87.0. The second kappa shape index (κ2) is 51.7. The molecule has 0 amide bonds. The topological polar surface area (TPSA) is 382 Å². The molecule has 0 aromatic rings. The molecule has 24 nitrogen and oxygen atoms in total. The van der Waals surface area contributed by atoms with Crippen molar-refractivity contribution in [2.75, 3.05) is 13.7 Å². The van der Waals surface area contributed by atoms with Crippen LogP contribution in [-0.2, 0) is 86.0 Å². The van der Waals surface area contributed by atoms with Crippen LogP contribution in [0.4, 0.5) is 0 Å². The van der Waals surface area contributed by atoms with Gasteiger partial charge in [-0.25, -0.2) is 0 Å². The summed E-state index contributed by atoms with van der Waals surface area (Å²) in [7, 11) is 1.36. The number of hydrogen-bond donors (Lipinski definition) is 6. The van der Waals surface area contributed by atoms with Gasteiger partial charge in [-0.2, -0.15) is 0 Å². The van der Waals surface area contributed by atoms with Crippen molar-refractivity contribution in [2.24, 2.45) is 204 Å². The summed E-state index contributed by atoms with van der Waals surface area (Å²) < 4.78 is 34.3. The van der Waals surface area contributed by atoms with Crippen molar-refractivity contribution in [3.63, 3.8) is 0 Å². The second-order valence-electron chi connectivity index (χ2n) is 50.6. The fourth-order valence-corrected chi connectivity index (χ4v) is 33.2. The molecule has 18 rings (SSSR count). The summed E-state index contributed by atoms with van der Waals surface area (Å²) in [6.45, 7) is 44.7. The van der Waals surface area contributed by atoms with E-state index in [1.54, 1.807) is 67.9 Å². The van der Waals surface area contributed by atoms with Crippen LogP contribution >= 0.6 is 0 Å². The number of carbonyl (C=O) groups is 12. The third kappa shape index (κ3) is 26.4. The first kappa shape index (κ1) is 135. The van der Waals surface area contributed by atoms with Crippen LogP contribution in [-0.4, -0.2) is 139 Å². The summed E-state index contributed by atoms with van der Waals surface area (Å²) in [5.74, 6) is -3.35. The Morgan fingerprint density at radius 1 is 0.425 bits per heavy atom. The summed E-state index contributed by atoms with van der Waals surface area (Å²) >= 11 is 0. The summed E-state index contributed by atoms with van der Waals surface area (Å²) in [5.41, 5.74) is 2.31. The van der Waals surface area contributed by atoms with E-state index in [0.29, 0.717) is 107 Å². The van der Waals surface area contributed by atoms with Crippen molar-refractivity contribution in [3.8, 4) is 0 Å². The zero-order chi connectivity index (χ0) is 101. The number of fused-ring (bicyclic) bond motifs is 9. The zero-order valence-electron chi connectivity index (χ0n) is 87.0. The average Bonchev–Trinajstić information content (AvgIpc) is 1.52. The molecule has 846 valence electrons. The third-order valence-corrected chi connectivity index (χ3v) is 42.4. The van der Waals surface area contributed by atoms with Crippen LogP contribution in [0.2, 0.25) is 0 Å². The largest absolute Gasteiger partial charge is 0.481 e. The molecular weight excluding hydrogens is 1850 g/mol. The summed E-state index contributed by atoms with van der Waals surface area (Å²) in [6.07, 6.45) is 39.4.